The first-order chi connectivity index (χ1) is 6.65. The van der Waals surface area contributed by atoms with Crippen LogP contribution in [-0.2, 0) is 14.3 Å². The van der Waals surface area contributed by atoms with Crippen LogP contribution in [0.3, 0.4) is 0 Å². The quantitative estimate of drug-likeness (QED) is 0.532. The Labute approximate surface area is 79.4 Å². The summed E-state index contributed by atoms with van der Waals surface area (Å²) in [7, 11) is 0. The second-order valence-electron chi connectivity index (χ2n) is 3.09. The predicted octanol–water partition coefficient (Wildman–Crippen LogP) is -1.73. The molecule has 2 aliphatic heterocycles. The number of carbonyl (C=O) groups excluding carboxylic acids is 1. The van der Waals surface area contributed by atoms with Crippen molar-refractivity contribution >= 4 is 11.9 Å². The summed E-state index contributed by atoms with van der Waals surface area (Å²) >= 11 is 0. The zero-order valence-corrected chi connectivity index (χ0v) is 7.17. The second kappa shape index (κ2) is 2.98. The smallest absolute Gasteiger partial charge is 0.334 e. The Hall–Kier alpha value is -1.56. The molecular formula is C8H8NO5-. The van der Waals surface area contributed by atoms with Gasteiger partial charge < -0.3 is 14.9 Å². The third-order valence-electron chi connectivity index (χ3n) is 2.29. The predicted molar refractivity (Wildman–Crippen MR) is 40.7 cm³/mol. The van der Waals surface area contributed by atoms with E-state index in [0.29, 0.717) is 0 Å². The Bertz CT molecular complexity index is 324. The van der Waals surface area contributed by atoms with Crippen LogP contribution in [0.4, 0.5) is 0 Å². The van der Waals surface area contributed by atoms with E-state index in [4.69, 9.17) is 9.84 Å². The van der Waals surface area contributed by atoms with Gasteiger partial charge in [-0.05, 0) is 0 Å². The molecule has 6 heteroatoms. The lowest BCUT2D eigenvalue weighted by Crippen LogP contribution is -2.54. The first kappa shape index (κ1) is 9.01. The van der Waals surface area contributed by atoms with E-state index in [1.807, 2.05) is 0 Å². The molecule has 1 N–H and O–H groups in total. The number of nitrogens with zero attached hydrogens (tertiary/aromatic N) is 1. The molecule has 2 unspecified atom stereocenters. The van der Waals surface area contributed by atoms with Gasteiger partial charge in [-0.3, -0.25) is 9.69 Å². The SMILES string of the molecule is O=C(O)C1/C(=C\C[O-])OC2CC(=O)N21. The van der Waals surface area contributed by atoms with Crippen LogP contribution >= 0.6 is 0 Å². The topological polar surface area (TPSA) is 89.9 Å². The summed E-state index contributed by atoms with van der Waals surface area (Å²) in [5, 5.41) is 19.1. The number of carboxylic acid groups (broad SMARTS) is 1. The molecule has 2 heterocycles. The van der Waals surface area contributed by atoms with Gasteiger partial charge in [-0.1, -0.05) is 6.08 Å². The minimum atomic E-state index is -1.17. The van der Waals surface area contributed by atoms with Crippen molar-refractivity contribution in [3.63, 3.8) is 0 Å². The van der Waals surface area contributed by atoms with Gasteiger partial charge in [0.25, 0.3) is 0 Å². The first-order valence-corrected chi connectivity index (χ1v) is 4.14. The van der Waals surface area contributed by atoms with Crippen molar-refractivity contribution in [2.24, 2.45) is 0 Å². The molecule has 0 bridgehead atoms. The van der Waals surface area contributed by atoms with E-state index >= 15 is 0 Å². The highest BCUT2D eigenvalue weighted by atomic mass is 16.5. The van der Waals surface area contributed by atoms with E-state index in [0.717, 1.165) is 11.0 Å². The zero-order chi connectivity index (χ0) is 10.3. The molecule has 0 aromatic carbocycles. The van der Waals surface area contributed by atoms with Crippen molar-refractivity contribution in [1.29, 1.82) is 0 Å². The largest absolute Gasteiger partial charge is 0.851 e. The van der Waals surface area contributed by atoms with E-state index in [9.17, 15) is 14.7 Å². The van der Waals surface area contributed by atoms with Gasteiger partial charge in [0, 0.05) is 0 Å². The van der Waals surface area contributed by atoms with Crippen LogP contribution in [0.15, 0.2) is 11.8 Å². The van der Waals surface area contributed by atoms with Gasteiger partial charge in [-0.2, -0.15) is 0 Å². The van der Waals surface area contributed by atoms with Crippen molar-refractivity contribution in [3.05, 3.63) is 11.8 Å². The molecule has 0 aromatic heterocycles. The minimum absolute atomic E-state index is 0.0864. The van der Waals surface area contributed by atoms with Crippen LogP contribution in [-0.4, -0.2) is 40.8 Å². The number of β-lactam (4-membered cyclic amide) rings is 1. The van der Waals surface area contributed by atoms with Crippen LogP contribution in [0.5, 0.6) is 0 Å². The molecular weight excluding hydrogens is 190 g/mol. The summed E-state index contributed by atoms with van der Waals surface area (Å²) in [6.07, 6.45) is 0.867. The molecule has 0 radical (unpaired) electrons. The third kappa shape index (κ3) is 1.07. The van der Waals surface area contributed by atoms with Gasteiger partial charge in [0.05, 0.1) is 6.42 Å². The number of amides is 1. The molecule has 2 rings (SSSR count). The van der Waals surface area contributed by atoms with Crippen LogP contribution in [0, 0.1) is 0 Å². The summed E-state index contributed by atoms with van der Waals surface area (Å²) < 4.78 is 5.13. The maximum atomic E-state index is 11.1. The molecule has 0 saturated carbocycles. The van der Waals surface area contributed by atoms with Crippen molar-refractivity contribution in [3.8, 4) is 0 Å². The van der Waals surface area contributed by atoms with E-state index in [1.165, 1.54) is 0 Å². The third-order valence-corrected chi connectivity index (χ3v) is 2.29. The Morgan fingerprint density at radius 2 is 2.50 bits per heavy atom. The van der Waals surface area contributed by atoms with Gasteiger partial charge in [0.15, 0.2) is 12.3 Å². The fourth-order valence-corrected chi connectivity index (χ4v) is 1.65. The number of carbonyl (C=O) groups is 2. The number of rotatable bonds is 2. The summed E-state index contributed by atoms with van der Waals surface area (Å²) in [4.78, 5) is 23.0. The molecule has 14 heavy (non-hydrogen) atoms. The molecule has 0 aromatic rings. The molecule has 2 aliphatic rings. The summed E-state index contributed by atoms with van der Waals surface area (Å²) in [5.74, 6) is -1.33. The van der Waals surface area contributed by atoms with E-state index in [-0.39, 0.29) is 18.1 Å². The van der Waals surface area contributed by atoms with E-state index in [2.05, 4.69) is 0 Å². The molecule has 2 fully saturated rings. The van der Waals surface area contributed by atoms with Crippen molar-refractivity contribution in [2.45, 2.75) is 18.7 Å². The minimum Gasteiger partial charge on any atom is -0.851 e. The van der Waals surface area contributed by atoms with Gasteiger partial charge >= 0.3 is 5.97 Å². The van der Waals surface area contributed by atoms with Crippen molar-refractivity contribution in [2.75, 3.05) is 6.61 Å². The molecule has 76 valence electrons. The summed E-state index contributed by atoms with van der Waals surface area (Å²) in [6, 6.07) is -1.10. The Morgan fingerprint density at radius 1 is 1.79 bits per heavy atom. The normalized spacial score (nSPS) is 32.5. The van der Waals surface area contributed by atoms with Gasteiger partial charge in [0.2, 0.25) is 5.91 Å². The maximum absolute atomic E-state index is 11.1. The first-order valence-electron chi connectivity index (χ1n) is 4.14. The highest BCUT2D eigenvalue weighted by molar-refractivity contribution is 5.91. The van der Waals surface area contributed by atoms with Gasteiger partial charge in [-0.25, -0.2) is 4.79 Å². The molecule has 1 amide bonds. The molecule has 0 spiro atoms. The lowest BCUT2D eigenvalue weighted by molar-refractivity contribution is -0.353. The average Bonchev–Trinajstić information content (AvgIpc) is 2.39. The second-order valence-corrected chi connectivity index (χ2v) is 3.09. The fourth-order valence-electron chi connectivity index (χ4n) is 1.65. The number of hydrogen-bond donors (Lipinski definition) is 1. The number of fused-ring (bicyclic) bond motifs is 1. The number of hydrogen-bond acceptors (Lipinski definition) is 4. The number of carboxylic acids is 1. The number of ether oxygens (including phenoxy) is 1. The lowest BCUT2D eigenvalue weighted by Gasteiger charge is -2.33. The molecule has 2 atom stereocenters. The monoisotopic (exact) mass is 198 g/mol. The fraction of sp³-hybridized carbons (Fsp3) is 0.500. The van der Waals surface area contributed by atoms with E-state index in [1.54, 1.807) is 0 Å². The van der Waals surface area contributed by atoms with Crippen LogP contribution in [0.1, 0.15) is 6.42 Å². The van der Waals surface area contributed by atoms with Gasteiger partial charge in [-0.15, -0.1) is 6.61 Å². The summed E-state index contributed by atoms with van der Waals surface area (Å²) in [6.45, 7) is -0.548. The Balaban J connectivity index is 2.26. The summed E-state index contributed by atoms with van der Waals surface area (Å²) in [5.41, 5.74) is 0. The number of aliphatic carboxylic acids is 1. The zero-order valence-electron chi connectivity index (χ0n) is 7.17. The highest BCUT2D eigenvalue weighted by Crippen LogP contribution is 2.35. The van der Waals surface area contributed by atoms with Crippen molar-refractivity contribution in [1.82, 2.24) is 4.90 Å². The maximum Gasteiger partial charge on any atom is 0.334 e. The van der Waals surface area contributed by atoms with Gasteiger partial charge in [0.1, 0.15) is 5.76 Å². The van der Waals surface area contributed by atoms with Crippen molar-refractivity contribution < 1.29 is 24.5 Å². The Morgan fingerprint density at radius 3 is 3.00 bits per heavy atom. The Kier molecular flexibility index (Phi) is 1.92. The highest BCUT2D eigenvalue weighted by Gasteiger charge is 2.53. The van der Waals surface area contributed by atoms with Crippen LogP contribution in [0.2, 0.25) is 0 Å². The van der Waals surface area contributed by atoms with E-state index < -0.39 is 24.8 Å². The molecule has 6 nitrogen and oxygen atoms in total. The lowest BCUT2D eigenvalue weighted by atomic mass is 10.1. The standard InChI is InChI=1S/C8H8NO5/c10-2-1-4-7(8(12)13)9-5(11)3-6(9)14-4/h1,6-7H,2-3H2,(H,12,13)/q-1/b4-1+. The van der Waals surface area contributed by atoms with Crippen LogP contribution in [0.25, 0.3) is 0 Å². The average molecular weight is 198 g/mol. The van der Waals surface area contributed by atoms with Crippen LogP contribution < -0.4 is 5.11 Å². The molecule has 0 aliphatic carbocycles. The molecule has 2 saturated heterocycles.